The van der Waals surface area contributed by atoms with Crippen molar-refractivity contribution in [2.24, 2.45) is 12.0 Å². The van der Waals surface area contributed by atoms with Gasteiger partial charge in [-0.2, -0.15) is 13.2 Å². The molecule has 0 radical (unpaired) electrons. The molecular formula is C19H16F4N6O3S. The fourth-order valence-electron chi connectivity index (χ4n) is 2.86. The molecule has 0 bridgehead atoms. The molecule has 0 saturated heterocycles. The summed E-state index contributed by atoms with van der Waals surface area (Å²) in [6.45, 7) is 0. The number of aliphatic imine (C=N–C) groups is 1. The van der Waals surface area contributed by atoms with Gasteiger partial charge in [-0.1, -0.05) is 0 Å². The predicted molar refractivity (Wildman–Crippen MR) is 115 cm³/mol. The molecular weight excluding hydrogens is 468 g/mol. The SMILES string of the molecule is CN=C(CC(=O)Nc1nc(-c2cc(C(F)(F)F)ccc2F)cs1)c1c(N)n(C)c(=O)[nH]c1=O. The Morgan fingerprint density at radius 2 is 2.03 bits per heavy atom. The fraction of sp³-hybridized carbons (Fsp3) is 0.211. The number of hydrogen-bond acceptors (Lipinski definition) is 7. The van der Waals surface area contributed by atoms with E-state index in [9.17, 15) is 31.9 Å². The summed E-state index contributed by atoms with van der Waals surface area (Å²) in [5, 5.41) is 3.70. The third kappa shape index (κ3) is 5.00. The van der Waals surface area contributed by atoms with Crippen LogP contribution in [0.4, 0.5) is 28.5 Å². The summed E-state index contributed by atoms with van der Waals surface area (Å²) in [5.74, 6) is -1.77. The van der Waals surface area contributed by atoms with Gasteiger partial charge in [0.15, 0.2) is 5.13 Å². The minimum Gasteiger partial charge on any atom is -0.384 e. The van der Waals surface area contributed by atoms with Crippen LogP contribution in [0.2, 0.25) is 0 Å². The van der Waals surface area contributed by atoms with E-state index in [1.165, 1.54) is 19.5 Å². The maximum absolute atomic E-state index is 14.1. The second kappa shape index (κ2) is 8.97. The van der Waals surface area contributed by atoms with Crippen molar-refractivity contribution >= 4 is 33.9 Å². The molecule has 1 amide bonds. The second-order valence-corrected chi connectivity index (χ2v) is 7.56. The molecule has 0 fully saturated rings. The molecule has 0 aliphatic heterocycles. The molecule has 0 saturated carbocycles. The van der Waals surface area contributed by atoms with E-state index in [0.717, 1.165) is 15.9 Å². The standard InChI is InChI=1S/C19H16F4N6O3S/c1-25-11(14-15(24)29(2)18(32)28-16(14)31)6-13(30)27-17-26-12(7-33-17)9-5-8(19(21,22)23)3-4-10(9)20/h3-5,7H,6,24H2,1-2H3,(H,26,27,30)(H,28,31,32). The largest absolute Gasteiger partial charge is 0.416 e. The number of thiazole rings is 1. The van der Waals surface area contributed by atoms with Gasteiger partial charge in [0, 0.05) is 25.0 Å². The van der Waals surface area contributed by atoms with Crippen molar-refractivity contribution in [2.75, 3.05) is 18.1 Å². The normalized spacial score (nSPS) is 12.1. The quantitative estimate of drug-likeness (QED) is 0.378. The number of amides is 1. The summed E-state index contributed by atoms with van der Waals surface area (Å²) in [6, 6.07) is 1.94. The highest BCUT2D eigenvalue weighted by molar-refractivity contribution is 7.14. The number of halogens is 4. The number of aromatic amines is 1. The van der Waals surface area contributed by atoms with Crippen molar-refractivity contribution in [3.63, 3.8) is 0 Å². The van der Waals surface area contributed by atoms with Gasteiger partial charge in [-0.15, -0.1) is 11.3 Å². The van der Waals surface area contributed by atoms with Crippen LogP contribution in [-0.4, -0.2) is 33.2 Å². The molecule has 2 heterocycles. The lowest BCUT2D eigenvalue weighted by molar-refractivity contribution is -0.137. The van der Waals surface area contributed by atoms with Crippen molar-refractivity contribution in [1.29, 1.82) is 0 Å². The van der Waals surface area contributed by atoms with E-state index in [2.05, 4.69) is 20.3 Å². The molecule has 0 spiro atoms. The van der Waals surface area contributed by atoms with Crippen LogP contribution in [0, 0.1) is 5.82 Å². The molecule has 2 aromatic heterocycles. The number of benzene rings is 1. The van der Waals surface area contributed by atoms with Crippen molar-refractivity contribution in [3.8, 4) is 11.3 Å². The molecule has 3 rings (SSSR count). The van der Waals surface area contributed by atoms with Crippen LogP contribution >= 0.6 is 11.3 Å². The van der Waals surface area contributed by atoms with E-state index >= 15 is 0 Å². The Morgan fingerprint density at radius 1 is 1.33 bits per heavy atom. The molecule has 9 nitrogen and oxygen atoms in total. The highest BCUT2D eigenvalue weighted by Crippen LogP contribution is 2.34. The van der Waals surface area contributed by atoms with Gasteiger partial charge in [0.25, 0.3) is 5.56 Å². The number of carbonyl (C=O) groups excluding carboxylic acids is 1. The van der Waals surface area contributed by atoms with E-state index in [1.54, 1.807) is 0 Å². The first kappa shape index (κ1) is 23.8. The van der Waals surface area contributed by atoms with Crippen LogP contribution in [0.5, 0.6) is 0 Å². The van der Waals surface area contributed by atoms with Crippen LogP contribution in [0.15, 0.2) is 38.2 Å². The van der Waals surface area contributed by atoms with Crippen molar-refractivity contribution in [3.05, 3.63) is 61.4 Å². The Kier molecular flexibility index (Phi) is 6.48. The monoisotopic (exact) mass is 484 g/mol. The van der Waals surface area contributed by atoms with Gasteiger partial charge in [0.05, 0.1) is 23.4 Å². The summed E-state index contributed by atoms with van der Waals surface area (Å²) in [4.78, 5) is 46.2. The predicted octanol–water partition coefficient (Wildman–Crippen LogP) is 2.38. The highest BCUT2D eigenvalue weighted by atomic mass is 32.1. The van der Waals surface area contributed by atoms with Gasteiger partial charge in [-0.05, 0) is 18.2 Å². The van der Waals surface area contributed by atoms with Gasteiger partial charge in [-0.25, -0.2) is 14.2 Å². The summed E-state index contributed by atoms with van der Waals surface area (Å²) >= 11 is 0.867. The lowest BCUT2D eigenvalue weighted by Gasteiger charge is -2.10. The van der Waals surface area contributed by atoms with Gasteiger partial charge < -0.3 is 11.1 Å². The van der Waals surface area contributed by atoms with Crippen LogP contribution in [0.3, 0.4) is 0 Å². The smallest absolute Gasteiger partial charge is 0.384 e. The maximum Gasteiger partial charge on any atom is 0.416 e. The highest BCUT2D eigenvalue weighted by Gasteiger charge is 2.31. The summed E-state index contributed by atoms with van der Waals surface area (Å²) in [7, 11) is 2.65. The molecule has 0 aliphatic carbocycles. The lowest BCUT2D eigenvalue weighted by atomic mass is 10.1. The summed E-state index contributed by atoms with van der Waals surface area (Å²) in [6.07, 6.45) is -5.08. The Morgan fingerprint density at radius 3 is 2.67 bits per heavy atom. The first-order valence-corrected chi connectivity index (χ1v) is 9.97. The Labute approximate surface area is 186 Å². The minimum absolute atomic E-state index is 0.00962. The molecule has 33 heavy (non-hydrogen) atoms. The number of anilines is 2. The van der Waals surface area contributed by atoms with E-state index in [4.69, 9.17) is 5.73 Å². The maximum atomic E-state index is 14.1. The number of nitrogens with zero attached hydrogens (tertiary/aromatic N) is 3. The molecule has 4 N–H and O–H groups in total. The zero-order valence-electron chi connectivity index (χ0n) is 17.1. The number of hydrogen-bond donors (Lipinski definition) is 3. The molecule has 0 aliphatic rings. The minimum atomic E-state index is -4.66. The van der Waals surface area contributed by atoms with Crippen LogP contribution in [0.1, 0.15) is 17.5 Å². The number of nitrogens with one attached hydrogen (secondary N) is 2. The molecule has 0 atom stereocenters. The average Bonchev–Trinajstić information content (AvgIpc) is 3.18. The number of H-pyrrole nitrogens is 1. The third-order valence-corrected chi connectivity index (χ3v) is 5.33. The third-order valence-electron chi connectivity index (χ3n) is 4.58. The van der Waals surface area contributed by atoms with E-state index < -0.39 is 41.1 Å². The number of aromatic nitrogens is 3. The molecule has 0 unspecified atom stereocenters. The molecule has 14 heteroatoms. The number of alkyl halides is 3. The van der Waals surface area contributed by atoms with Crippen molar-refractivity contribution in [2.45, 2.75) is 12.6 Å². The van der Waals surface area contributed by atoms with Crippen LogP contribution in [0.25, 0.3) is 11.3 Å². The molecule has 1 aromatic carbocycles. The fourth-order valence-corrected chi connectivity index (χ4v) is 3.59. The zero-order valence-corrected chi connectivity index (χ0v) is 17.9. The number of carbonyl (C=O) groups is 1. The van der Waals surface area contributed by atoms with Gasteiger partial charge in [-0.3, -0.25) is 24.1 Å². The Bertz CT molecular complexity index is 1370. The Hall–Kier alpha value is -3.81. The van der Waals surface area contributed by atoms with Crippen molar-refractivity contribution in [1.82, 2.24) is 14.5 Å². The number of rotatable bonds is 5. The Balaban J connectivity index is 1.82. The average molecular weight is 484 g/mol. The molecule has 174 valence electrons. The van der Waals surface area contributed by atoms with Crippen LogP contribution < -0.4 is 22.3 Å². The van der Waals surface area contributed by atoms with E-state index in [0.29, 0.717) is 18.2 Å². The first-order valence-electron chi connectivity index (χ1n) is 9.09. The van der Waals surface area contributed by atoms with Gasteiger partial charge >= 0.3 is 11.9 Å². The van der Waals surface area contributed by atoms with E-state index in [1.807, 2.05) is 0 Å². The van der Waals surface area contributed by atoms with E-state index in [-0.39, 0.29) is 33.5 Å². The van der Waals surface area contributed by atoms with Crippen molar-refractivity contribution < 1.29 is 22.4 Å². The first-order chi connectivity index (χ1) is 15.4. The van der Waals surface area contributed by atoms with Gasteiger partial charge in [0.2, 0.25) is 5.91 Å². The van der Waals surface area contributed by atoms with Crippen LogP contribution in [-0.2, 0) is 18.0 Å². The topological polar surface area (TPSA) is 135 Å². The summed E-state index contributed by atoms with van der Waals surface area (Å²) in [5.41, 5.74) is 2.59. The number of nitrogen functional groups attached to an aromatic ring is 1. The zero-order chi connectivity index (χ0) is 24.5. The lowest BCUT2D eigenvalue weighted by Crippen LogP contribution is -2.35. The summed E-state index contributed by atoms with van der Waals surface area (Å²) < 4.78 is 53.9. The van der Waals surface area contributed by atoms with Gasteiger partial charge in [0.1, 0.15) is 17.2 Å². The molecule has 3 aromatic rings. The number of nitrogens with two attached hydrogens (primary N) is 1. The second-order valence-electron chi connectivity index (χ2n) is 6.70.